The van der Waals surface area contributed by atoms with E-state index in [1.165, 1.54) is 11.3 Å². The minimum Gasteiger partial charge on any atom is -0.478 e. The Morgan fingerprint density at radius 3 is 2.90 bits per heavy atom. The van der Waals surface area contributed by atoms with Gasteiger partial charge in [-0.25, -0.2) is 4.79 Å². The summed E-state index contributed by atoms with van der Waals surface area (Å²) in [7, 11) is 0. The maximum atomic E-state index is 10.9. The maximum absolute atomic E-state index is 10.9. The van der Waals surface area contributed by atoms with Crippen LogP contribution in [0.15, 0.2) is 11.4 Å². The summed E-state index contributed by atoms with van der Waals surface area (Å²) in [6.07, 6.45) is 4.16. The summed E-state index contributed by atoms with van der Waals surface area (Å²) in [4.78, 5) is 11.9. The lowest BCUT2D eigenvalue weighted by atomic mass is 9.86. The van der Waals surface area contributed by atoms with Gasteiger partial charge in [0.25, 0.3) is 0 Å². The first kappa shape index (κ1) is 15.5. The standard InChI is InChI=1S/C15H23NO3S/c1-3-15(4-2)8-12(5-6-19-15)16-9-13-7-11(10-20-13)14(17)18/h7,10,12,16H,3-6,8-9H2,1-2H3,(H,17,18). The minimum absolute atomic E-state index is 0.0254. The minimum atomic E-state index is -0.852. The second-order valence-electron chi connectivity index (χ2n) is 5.42. The molecule has 1 aromatic rings. The SMILES string of the molecule is CCC1(CC)CC(NCc2cc(C(=O)O)cs2)CCO1. The average molecular weight is 297 g/mol. The fourth-order valence-corrected chi connectivity index (χ4v) is 3.58. The molecule has 1 saturated heterocycles. The Balaban J connectivity index is 1.88. The molecule has 5 heteroatoms. The predicted octanol–water partition coefficient (Wildman–Crippen LogP) is 3.27. The van der Waals surface area contributed by atoms with E-state index in [1.54, 1.807) is 11.4 Å². The lowest BCUT2D eigenvalue weighted by Crippen LogP contribution is -2.46. The lowest BCUT2D eigenvalue weighted by Gasteiger charge is -2.40. The van der Waals surface area contributed by atoms with E-state index in [-0.39, 0.29) is 5.60 Å². The first-order valence-corrected chi connectivity index (χ1v) is 8.14. The van der Waals surface area contributed by atoms with Crippen LogP contribution in [-0.2, 0) is 11.3 Å². The van der Waals surface area contributed by atoms with Gasteiger partial charge in [0.05, 0.1) is 11.2 Å². The van der Waals surface area contributed by atoms with Crippen LogP contribution in [0.25, 0.3) is 0 Å². The van der Waals surface area contributed by atoms with E-state index in [2.05, 4.69) is 19.2 Å². The summed E-state index contributed by atoms with van der Waals surface area (Å²) >= 11 is 1.50. The summed E-state index contributed by atoms with van der Waals surface area (Å²) < 4.78 is 5.97. The third-order valence-corrected chi connectivity index (χ3v) is 5.18. The Labute approximate surface area is 124 Å². The predicted molar refractivity (Wildman–Crippen MR) is 80.4 cm³/mol. The zero-order valence-electron chi connectivity index (χ0n) is 12.1. The van der Waals surface area contributed by atoms with Crippen molar-refractivity contribution < 1.29 is 14.6 Å². The summed E-state index contributed by atoms with van der Waals surface area (Å²) in [5, 5.41) is 14.2. The van der Waals surface area contributed by atoms with Gasteiger partial charge in [-0.2, -0.15) is 0 Å². The highest BCUT2D eigenvalue weighted by molar-refractivity contribution is 7.10. The van der Waals surface area contributed by atoms with E-state index in [0.717, 1.165) is 43.7 Å². The molecule has 1 fully saturated rings. The molecule has 4 nitrogen and oxygen atoms in total. The number of hydrogen-bond acceptors (Lipinski definition) is 4. The van der Waals surface area contributed by atoms with E-state index in [0.29, 0.717) is 11.6 Å². The number of carboxylic acids is 1. The molecule has 1 atom stereocenters. The fraction of sp³-hybridized carbons (Fsp3) is 0.667. The van der Waals surface area contributed by atoms with Crippen LogP contribution in [0.2, 0.25) is 0 Å². The van der Waals surface area contributed by atoms with Gasteiger partial charge in [-0.1, -0.05) is 13.8 Å². The van der Waals surface area contributed by atoms with Crippen LogP contribution in [-0.4, -0.2) is 29.3 Å². The molecule has 2 rings (SSSR count). The summed E-state index contributed by atoms with van der Waals surface area (Å²) in [6, 6.07) is 2.21. The molecule has 0 saturated carbocycles. The van der Waals surface area contributed by atoms with Gasteiger partial charge in [-0.15, -0.1) is 11.3 Å². The molecule has 2 heterocycles. The van der Waals surface area contributed by atoms with Crippen molar-refractivity contribution in [2.45, 2.75) is 57.7 Å². The van der Waals surface area contributed by atoms with Crippen molar-refractivity contribution in [3.8, 4) is 0 Å². The van der Waals surface area contributed by atoms with Crippen molar-refractivity contribution in [1.82, 2.24) is 5.32 Å². The Morgan fingerprint density at radius 1 is 1.55 bits per heavy atom. The number of aromatic carboxylic acids is 1. The molecule has 0 radical (unpaired) electrons. The van der Waals surface area contributed by atoms with Crippen LogP contribution in [0.3, 0.4) is 0 Å². The van der Waals surface area contributed by atoms with Gasteiger partial charge in [-0.3, -0.25) is 0 Å². The van der Waals surface area contributed by atoms with Gasteiger partial charge in [0.1, 0.15) is 0 Å². The molecule has 1 aromatic heterocycles. The molecule has 1 unspecified atom stereocenters. The molecule has 2 N–H and O–H groups in total. The normalized spacial score (nSPS) is 21.8. The number of ether oxygens (including phenoxy) is 1. The second-order valence-corrected chi connectivity index (χ2v) is 6.41. The van der Waals surface area contributed by atoms with E-state index in [4.69, 9.17) is 9.84 Å². The summed E-state index contributed by atoms with van der Waals surface area (Å²) in [6.45, 7) is 5.92. The zero-order valence-corrected chi connectivity index (χ0v) is 13.0. The maximum Gasteiger partial charge on any atom is 0.336 e. The van der Waals surface area contributed by atoms with Gasteiger partial charge in [0, 0.05) is 29.5 Å². The van der Waals surface area contributed by atoms with Crippen LogP contribution in [0.1, 0.15) is 54.8 Å². The van der Waals surface area contributed by atoms with E-state index < -0.39 is 5.97 Å². The first-order chi connectivity index (χ1) is 9.58. The number of carboxylic acid groups (broad SMARTS) is 1. The second kappa shape index (κ2) is 6.70. The van der Waals surface area contributed by atoms with Gasteiger partial charge < -0.3 is 15.2 Å². The van der Waals surface area contributed by atoms with Gasteiger partial charge in [0.15, 0.2) is 0 Å². The van der Waals surface area contributed by atoms with Crippen molar-refractivity contribution in [3.63, 3.8) is 0 Å². The van der Waals surface area contributed by atoms with E-state index in [1.807, 2.05) is 0 Å². The Kier molecular flexibility index (Phi) is 5.18. The number of hydrogen-bond donors (Lipinski definition) is 2. The van der Waals surface area contributed by atoms with Gasteiger partial charge >= 0.3 is 5.97 Å². The van der Waals surface area contributed by atoms with Gasteiger partial charge in [0.2, 0.25) is 0 Å². The van der Waals surface area contributed by atoms with Crippen LogP contribution >= 0.6 is 11.3 Å². The lowest BCUT2D eigenvalue weighted by molar-refractivity contribution is -0.0931. The molecule has 0 spiro atoms. The van der Waals surface area contributed by atoms with Crippen molar-refractivity contribution in [2.24, 2.45) is 0 Å². The summed E-state index contributed by atoms with van der Waals surface area (Å²) in [5.74, 6) is -0.852. The molecule has 0 bridgehead atoms. The van der Waals surface area contributed by atoms with Crippen LogP contribution < -0.4 is 5.32 Å². The average Bonchev–Trinajstić information content (AvgIpc) is 2.94. The number of carbonyl (C=O) groups is 1. The first-order valence-electron chi connectivity index (χ1n) is 7.26. The van der Waals surface area contributed by atoms with Crippen molar-refractivity contribution in [2.75, 3.05) is 6.61 Å². The highest BCUT2D eigenvalue weighted by Crippen LogP contribution is 2.31. The van der Waals surface area contributed by atoms with Crippen LogP contribution in [0.5, 0.6) is 0 Å². The molecule has 0 aromatic carbocycles. The Hall–Kier alpha value is -0.910. The molecule has 0 amide bonds. The topological polar surface area (TPSA) is 58.6 Å². The molecular formula is C15H23NO3S. The Bertz CT molecular complexity index is 454. The monoisotopic (exact) mass is 297 g/mol. The van der Waals surface area contributed by atoms with Crippen LogP contribution in [0.4, 0.5) is 0 Å². The molecule has 0 aliphatic carbocycles. The third-order valence-electron chi connectivity index (χ3n) is 4.25. The number of rotatable bonds is 6. The van der Waals surface area contributed by atoms with Gasteiger partial charge in [-0.05, 0) is 31.7 Å². The molecular weight excluding hydrogens is 274 g/mol. The van der Waals surface area contributed by atoms with Crippen molar-refractivity contribution in [1.29, 1.82) is 0 Å². The molecule has 112 valence electrons. The number of nitrogens with one attached hydrogen (secondary N) is 1. The fourth-order valence-electron chi connectivity index (χ4n) is 2.78. The quantitative estimate of drug-likeness (QED) is 0.846. The zero-order chi connectivity index (χ0) is 14.6. The molecule has 20 heavy (non-hydrogen) atoms. The molecule has 1 aliphatic heterocycles. The van der Waals surface area contributed by atoms with E-state index in [9.17, 15) is 4.79 Å². The van der Waals surface area contributed by atoms with E-state index >= 15 is 0 Å². The number of thiophene rings is 1. The highest BCUT2D eigenvalue weighted by atomic mass is 32.1. The van der Waals surface area contributed by atoms with Crippen LogP contribution in [0, 0.1) is 0 Å². The Morgan fingerprint density at radius 2 is 2.30 bits per heavy atom. The summed E-state index contributed by atoms with van der Waals surface area (Å²) in [5.41, 5.74) is 0.410. The van der Waals surface area contributed by atoms with Crippen molar-refractivity contribution >= 4 is 17.3 Å². The smallest absolute Gasteiger partial charge is 0.336 e. The van der Waals surface area contributed by atoms with Crippen molar-refractivity contribution in [3.05, 3.63) is 21.9 Å². The highest BCUT2D eigenvalue weighted by Gasteiger charge is 2.34. The third kappa shape index (κ3) is 3.59. The largest absolute Gasteiger partial charge is 0.478 e. The molecule has 1 aliphatic rings.